The van der Waals surface area contributed by atoms with Crippen molar-refractivity contribution in [2.24, 2.45) is 5.84 Å². The predicted molar refractivity (Wildman–Crippen MR) is 64.4 cm³/mol. The quantitative estimate of drug-likeness (QED) is 0.663. The molecule has 0 spiro atoms. The number of rotatable bonds is 4. The molecule has 0 amide bonds. The SMILES string of the molecule is NNC(Cc1cccs1)c1c(F)cc(F)cc1F. The zero-order chi connectivity index (χ0) is 13.1. The first-order chi connectivity index (χ1) is 8.61. The van der Waals surface area contributed by atoms with Crippen molar-refractivity contribution in [3.05, 3.63) is 57.5 Å². The van der Waals surface area contributed by atoms with Crippen molar-refractivity contribution >= 4 is 11.3 Å². The molecular weight excluding hydrogens is 261 g/mol. The average Bonchev–Trinajstić information content (AvgIpc) is 2.79. The number of nitrogens with one attached hydrogen (secondary N) is 1. The van der Waals surface area contributed by atoms with Gasteiger partial charge in [0, 0.05) is 29.0 Å². The number of benzene rings is 1. The second-order valence-electron chi connectivity index (χ2n) is 3.79. The van der Waals surface area contributed by atoms with Gasteiger partial charge in [0.25, 0.3) is 0 Å². The summed E-state index contributed by atoms with van der Waals surface area (Å²) < 4.78 is 40.0. The minimum atomic E-state index is -0.944. The van der Waals surface area contributed by atoms with Crippen LogP contribution in [0.1, 0.15) is 16.5 Å². The van der Waals surface area contributed by atoms with Crippen molar-refractivity contribution in [1.29, 1.82) is 0 Å². The van der Waals surface area contributed by atoms with E-state index in [2.05, 4.69) is 5.43 Å². The third kappa shape index (κ3) is 2.72. The van der Waals surface area contributed by atoms with E-state index in [1.54, 1.807) is 0 Å². The van der Waals surface area contributed by atoms with Gasteiger partial charge in [0.05, 0.1) is 6.04 Å². The van der Waals surface area contributed by atoms with Crippen LogP contribution in [-0.4, -0.2) is 0 Å². The summed E-state index contributed by atoms with van der Waals surface area (Å²) in [6.45, 7) is 0. The van der Waals surface area contributed by atoms with E-state index < -0.39 is 23.5 Å². The summed E-state index contributed by atoms with van der Waals surface area (Å²) in [4.78, 5) is 0.932. The lowest BCUT2D eigenvalue weighted by atomic mass is 10.0. The minimum Gasteiger partial charge on any atom is -0.271 e. The Hall–Kier alpha value is -1.37. The van der Waals surface area contributed by atoms with E-state index in [1.807, 2.05) is 17.5 Å². The van der Waals surface area contributed by atoms with Crippen molar-refractivity contribution < 1.29 is 13.2 Å². The van der Waals surface area contributed by atoms with Crippen molar-refractivity contribution in [3.63, 3.8) is 0 Å². The van der Waals surface area contributed by atoms with Crippen LogP contribution in [0.3, 0.4) is 0 Å². The molecule has 1 aromatic carbocycles. The molecule has 2 aromatic rings. The smallest absolute Gasteiger partial charge is 0.133 e. The van der Waals surface area contributed by atoms with Gasteiger partial charge in [0.15, 0.2) is 0 Å². The fraction of sp³-hybridized carbons (Fsp3) is 0.167. The molecule has 0 aliphatic heterocycles. The van der Waals surface area contributed by atoms with E-state index in [1.165, 1.54) is 11.3 Å². The van der Waals surface area contributed by atoms with E-state index in [0.29, 0.717) is 18.6 Å². The Labute approximate surface area is 106 Å². The highest BCUT2D eigenvalue weighted by molar-refractivity contribution is 7.09. The van der Waals surface area contributed by atoms with Crippen molar-refractivity contribution in [1.82, 2.24) is 5.43 Å². The van der Waals surface area contributed by atoms with Crippen molar-refractivity contribution in [2.75, 3.05) is 0 Å². The van der Waals surface area contributed by atoms with Crippen molar-refractivity contribution in [2.45, 2.75) is 12.5 Å². The molecule has 0 aliphatic carbocycles. The summed E-state index contributed by atoms with van der Waals surface area (Å²) in [5, 5.41) is 1.86. The largest absolute Gasteiger partial charge is 0.271 e. The lowest BCUT2D eigenvalue weighted by Gasteiger charge is -2.17. The van der Waals surface area contributed by atoms with Gasteiger partial charge in [-0.05, 0) is 11.4 Å². The summed E-state index contributed by atoms with van der Waals surface area (Å²) in [6.07, 6.45) is 0.341. The average molecular weight is 272 g/mol. The summed E-state index contributed by atoms with van der Waals surface area (Å²) in [6, 6.07) is 4.25. The first-order valence-electron chi connectivity index (χ1n) is 5.24. The van der Waals surface area contributed by atoms with Crippen molar-refractivity contribution in [3.8, 4) is 0 Å². The predicted octanol–water partition coefficient (Wildman–Crippen LogP) is 2.91. The lowest BCUT2D eigenvalue weighted by molar-refractivity contribution is 0.463. The molecule has 1 unspecified atom stereocenters. The Morgan fingerprint density at radius 2 is 1.89 bits per heavy atom. The molecule has 3 N–H and O–H groups in total. The van der Waals surface area contributed by atoms with Crippen LogP contribution >= 0.6 is 11.3 Å². The molecule has 0 saturated carbocycles. The Morgan fingerprint density at radius 3 is 2.39 bits per heavy atom. The Morgan fingerprint density at radius 1 is 1.22 bits per heavy atom. The zero-order valence-corrected chi connectivity index (χ0v) is 10.1. The highest BCUT2D eigenvalue weighted by Crippen LogP contribution is 2.26. The number of thiophene rings is 1. The maximum absolute atomic E-state index is 13.6. The summed E-state index contributed by atoms with van der Waals surface area (Å²) >= 11 is 1.46. The van der Waals surface area contributed by atoms with Gasteiger partial charge >= 0.3 is 0 Å². The molecule has 0 bridgehead atoms. The molecule has 2 rings (SSSR count). The molecule has 96 valence electrons. The molecular formula is C12H11F3N2S. The van der Waals surface area contributed by atoms with Crippen LogP contribution in [0.4, 0.5) is 13.2 Å². The van der Waals surface area contributed by atoms with Gasteiger partial charge in [-0.3, -0.25) is 11.3 Å². The van der Waals surface area contributed by atoms with E-state index in [9.17, 15) is 13.2 Å². The third-order valence-corrected chi connectivity index (χ3v) is 3.48. The Kier molecular flexibility index (Phi) is 4.00. The topological polar surface area (TPSA) is 38.0 Å². The van der Waals surface area contributed by atoms with Gasteiger partial charge in [-0.2, -0.15) is 0 Å². The number of hydrogen-bond acceptors (Lipinski definition) is 3. The van der Waals surface area contributed by atoms with Crippen LogP contribution in [0.2, 0.25) is 0 Å². The molecule has 2 nitrogen and oxygen atoms in total. The van der Waals surface area contributed by atoms with Gasteiger partial charge in [-0.25, -0.2) is 13.2 Å². The minimum absolute atomic E-state index is 0.243. The maximum Gasteiger partial charge on any atom is 0.133 e. The highest BCUT2D eigenvalue weighted by Gasteiger charge is 2.21. The number of hydrazine groups is 1. The Balaban J connectivity index is 2.33. The lowest BCUT2D eigenvalue weighted by Crippen LogP contribution is -2.31. The van der Waals surface area contributed by atoms with Gasteiger partial charge < -0.3 is 0 Å². The molecule has 0 aliphatic rings. The molecule has 1 aromatic heterocycles. The summed E-state index contributed by atoms with van der Waals surface area (Å²) in [5.41, 5.74) is 2.12. The molecule has 1 atom stereocenters. The van der Waals surface area contributed by atoms with E-state index in [0.717, 1.165) is 4.88 Å². The first-order valence-corrected chi connectivity index (χ1v) is 6.12. The third-order valence-electron chi connectivity index (χ3n) is 2.58. The summed E-state index contributed by atoms with van der Waals surface area (Å²) in [5.74, 6) is 2.50. The number of halogens is 3. The van der Waals surface area contributed by atoms with Crippen LogP contribution < -0.4 is 11.3 Å². The molecule has 0 saturated heterocycles. The molecule has 18 heavy (non-hydrogen) atoms. The number of nitrogens with two attached hydrogens (primary N) is 1. The summed E-state index contributed by atoms with van der Waals surface area (Å²) in [7, 11) is 0. The number of hydrogen-bond donors (Lipinski definition) is 2. The van der Waals surface area contributed by atoms with Gasteiger partial charge in [0.2, 0.25) is 0 Å². The van der Waals surface area contributed by atoms with Crippen LogP contribution in [0, 0.1) is 17.5 Å². The Bertz CT molecular complexity index is 505. The van der Waals surface area contributed by atoms with Gasteiger partial charge in [0.1, 0.15) is 17.5 Å². The second kappa shape index (κ2) is 5.51. The first kappa shape index (κ1) is 13.1. The normalized spacial score (nSPS) is 12.7. The molecule has 1 heterocycles. The molecule has 0 fully saturated rings. The fourth-order valence-electron chi connectivity index (χ4n) is 1.76. The maximum atomic E-state index is 13.6. The van der Waals surface area contributed by atoms with Crippen LogP contribution in [0.25, 0.3) is 0 Å². The van der Waals surface area contributed by atoms with E-state index in [-0.39, 0.29) is 5.56 Å². The zero-order valence-electron chi connectivity index (χ0n) is 9.29. The van der Waals surface area contributed by atoms with Crippen LogP contribution in [0.15, 0.2) is 29.6 Å². The van der Waals surface area contributed by atoms with E-state index in [4.69, 9.17) is 5.84 Å². The van der Waals surface area contributed by atoms with E-state index >= 15 is 0 Å². The van der Waals surface area contributed by atoms with Gasteiger partial charge in [-0.15, -0.1) is 11.3 Å². The van der Waals surface area contributed by atoms with Gasteiger partial charge in [-0.1, -0.05) is 6.07 Å². The standard InChI is InChI=1S/C12H11F3N2S/c13-7-4-9(14)12(10(15)5-7)11(17-16)6-8-2-1-3-18-8/h1-5,11,17H,6,16H2. The monoisotopic (exact) mass is 272 g/mol. The van der Waals surface area contributed by atoms with Crippen LogP contribution in [-0.2, 0) is 6.42 Å². The van der Waals surface area contributed by atoms with Crippen LogP contribution in [0.5, 0.6) is 0 Å². The molecule has 0 radical (unpaired) electrons. The second-order valence-corrected chi connectivity index (χ2v) is 4.82. The fourth-order valence-corrected chi connectivity index (χ4v) is 2.51. The highest BCUT2D eigenvalue weighted by atomic mass is 32.1. The molecule has 6 heteroatoms.